The van der Waals surface area contributed by atoms with Crippen LogP contribution in [0.5, 0.6) is 11.5 Å². The minimum absolute atomic E-state index is 0.684. The van der Waals surface area contributed by atoms with Crippen LogP contribution >= 0.6 is 0 Å². The summed E-state index contributed by atoms with van der Waals surface area (Å²) in [5.74, 6) is 1.85. The van der Waals surface area contributed by atoms with Gasteiger partial charge in [-0.15, -0.1) is 0 Å². The van der Waals surface area contributed by atoms with E-state index in [2.05, 4.69) is 30.4 Å². The summed E-state index contributed by atoms with van der Waals surface area (Å²) >= 11 is 0. The molecule has 1 N–H and O–H groups in total. The van der Waals surface area contributed by atoms with Crippen LogP contribution in [-0.4, -0.2) is 13.2 Å². The monoisotopic (exact) mass is 327 g/mol. The smallest absolute Gasteiger partial charge is 0.121 e. The van der Waals surface area contributed by atoms with Crippen molar-refractivity contribution >= 4 is 5.69 Å². The maximum absolute atomic E-state index is 5.78. The third-order valence-corrected chi connectivity index (χ3v) is 3.83. The lowest BCUT2D eigenvalue weighted by molar-refractivity contribution is 0.305. The predicted octanol–water partition coefficient (Wildman–Crippen LogP) is 5.66. The van der Waals surface area contributed by atoms with E-state index in [1.165, 1.54) is 24.8 Å². The van der Waals surface area contributed by atoms with E-state index in [1.54, 1.807) is 0 Å². The summed E-state index contributed by atoms with van der Waals surface area (Å²) in [6, 6.07) is 16.4. The van der Waals surface area contributed by atoms with E-state index >= 15 is 0 Å². The van der Waals surface area contributed by atoms with E-state index in [4.69, 9.17) is 9.47 Å². The number of ether oxygens (including phenoxy) is 2. The average molecular weight is 327 g/mol. The number of benzene rings is 2. The van der Waals surface area contributed by atoms with Gasteiger partial charge >= 0.3 is 0 Å². The maximum atomic E-state index is 5.78. The summed E-state index contributed by atoms with van der Waals surface area (Å²) in [4.78, 5) is 0. The van der Waals surface area contributed by atoms with E-state index in [-0.39, 0.29) is 0 Å². The molecule has 0 radical (unpaired) electrons. The van der Waals surface area contributed by atoms with Crippen molar-refractivity contribution in [2.45, 2.75) is 46.1 Å². The molecule has 0 fully saturated rings. The van der Waals surface area contributed by atoms with Gasteiger partial charge in [0.15, 0.2) is 0 Å². The molecule has 0 aliphatic rings. The topological polar surface area (TPSA) is 30.5 Å². The molecule has 0 aromatic heterocycles. The van der Waals surface area contributed by atoms with Gasteiger partial charge in [0.2, 0.25) is 0 Å². The fraction of sp³-hybridized carbons (Fsp3) is 0.429. The molecule has 0 bridgehead atoms. The van der Waals surface area contributed by atoms with E-state index in [0.717, 1.165) is 36.8 Å². The van der Waals surface area contributed by atoms with Gasteiger partial charge in [-0.1, -0.05) is 44.4 Å². The van der Waals surface area contributed by atoms with Crippen molar-refractivity contribution in [2.24, 2.45) is 0 Å². The second-order valence-electron chi connectivity index (χ2n) is 5.87. The lowest BCUT2D eigenvalue weighted by Gasteiger charge is -2.10. The summed E-state index contributed by atoms with van der Waals surface area (Å²) in [5.41, 5.74) is 2.30. The molecule has 3 nitrogen and oxygen atoms in total. The zero-order valence-corrected chi connectivity index (χ0v) is 14.9. The Bertz CT molecular complexity index is 581. The Morgan fingerprint density at radius 3 is 2.42 bits per heavy atom. The lowest BCUT2D eigenvalue weighted by Crippen LogP contribution is -2.01. The van der Waals surface area contributed by atoms with Crippen LogP contribution in [0.2, 0.25) is 0 Å². The Morgan fingerprint density at radius 1 is 0.833 bits per heavy atom. The Hall–Kier alpha value is -2.16. The number of rotatable bonds is 11. The van der Waals surface area contributed by atoms with Gasteiger partial charge in [0.25, 0.3) is 0 Å². The van der Waals surface area contributed by atoms with Crippen LogP contribution in [0.15, 0.2) is 48.5 Å². The SMILES string of the molecule is CCCCCCOc1ccc(CNc2cccc(OCC)c2)cc1. The number of nitrogens with one attached hydrogen (secondary N) is 1. The van der Waals surface area contributed by atoms with E-state index in [9.17, 15) is 0 Å². The van der Waals surface area contributed by atoms with Crippen LogP contribution in [0, 0.1) is 0 Å². The standard InChI is InChI=1S/C21H29NO2/c1-3-5-6-7-15-24-20-13-11-18(12-14-20)17-22-19-9-8-10-21(16-19)23-4-2/h8-14,16,22H,3-7,15,17H2,1-2H3. The van der Waals surface area contributed by atoms with Crippen LogP contribution in [0.25, 0.3) is 0 Å². The summed E-state index contributed by atoms with van der Waals surface area (Å²) in [7, 11) is 0. The van der Waals surface area contributed by atoms with E-state index in [1.807, 2.05) is 37.3 Å². The second kappa shape index (κ2) is 10.6. The Morgan fingerprint density at radius 2 is 1.67 bits per heavy atom. The maximum Gasteiger partial charge on any atom is 0.121 e. The third-order valence-electron chi connectivity index (χ3n) is 3.83. The van der Waals surface area contributed by atoms with Crippen LogP contribution in [-0.2, 0) is 6.54 Å². The molecule has 0 saturated carbocycles. The molecule has 0 unspecified atom stereocenters. The second-order valence-corrected chi connectivity index (χ2v) is 5.87. The first-order chi connectivity index (χ1) is 11.8. The van der Waals surface area contributed by atoms with Gasteiger partial charge in [-0.25, -0.2) is 0 Å². The Balaban J connectivity index is 1.76. The number of anilines is 1. The average Bonchev–Trinajstić information content (AvgIpc) is 2.61. The van der Waals surface area contributed by atoms with Gasteiger partial charge in [-0.3, -0.25) is 0 Å². The van der Waals surface area contributed by atoms with Gasteiger partial charge in [-0.2, -0.15) is 0 Å². The first-order valence-corrected chi connectivity index (χ1v) is 9.00. The lowest BCUT2D eigenvalue weighted by atomic mass is 10.2. The molecule has 0 atom stereocenters. The first kappa shape index (κ1) is 18.2. The van der Waals surface area contributed by atoms with Crippen molar-refractivity contribution in [3.8, 4) is 11.5 Å². The molecule has 0 aliphatic carbocycles. The van der Waals surface area contributed by atoms with Crippen LogP contribution in [0.3, 0.4) is 0 Å². The zero-order valence-electron chi connectivity index (χ0n) is 14.9. The molecule has 3 heteroatoms. The first-order valence-electron chi connectivity index (χ1n) is 9.00. The summed E-state index contributed by atoms with van der Waals surface area (Å²) < 4.78 is 11.3. The van der Waals surface area contributed by atoms with Crippen molar-refractivity contribution < 1.29 is 9.47 Å². The van der Waals surface area contributed by atoms with Crippen molar-refractivity contribution in [1.29, 1.82) is 0 Å². The molecule has 0 aliphatic heterocycles. The molecule has 2 rings (SSSR count). The van der Waals surface area contributed by atoms with Gasteiger partial charge in [0.1, 0.15) is 11.5 Å². The molecule has 130 valence electrons. The number of hydrogen-bond acceptors (Lipinski definition) is 3. The van der Waals surface area contributed by atoms with E-state index in [0.29, 0.717) is 6.61 Å². The third kappa shape index (κ3) is 6.53. The normalized spacial score (nSPS) is 10.4. The molecular weight excluding hydrogens is 298 g/mol. The fourth-order valence-corrected chi connectivity index (χ4v) is 2.49. The molecule has 2 aromatic rings. The van der Waals surface area contributed by atoms with Gasteiger partial charge in [0, 0.05) is 18.3 Å². The highest BCUT2D eigenvalue weighted by atomic mass is 16.5. The summed E-state index contributed by atoms with van der Waals surface area (Å²) in [5, 5.41) is 3.42. The van der Waals surface area contributed by atoms with Crippen molar-refractivity contribution in [1.82, 2.24) is 0 Å². The van der Waals surface area contributed by atoms with Gasteiger partial charge < -0.3 is 14.8 Å². The highest BCUT2D eigenvalue weighted by molar-refractivity contribution is 5.48. The highest BCUT2D eigenvalue weighted by Gasteiger charge is 1.99. The van der Waals surface area contributed by atoms with Gasteiger partial charge in [0.05, 0.1) is 13.2 Å². The highest BCUT2D eigenvalue weighted by Crippen LogP contribution is 2.19. The van der Waals surface area contributed by atoms with Crippen molar-refractivity contribution in [3.05, 3.63) is 54.1 Å². The minimum Gasteiger partial charge on any atom is -0.494 e. The van der Waals surface area contributed by atoms with Crippen LogP contribution in [0.4, 0.5) is 5.69 Å². The van der Waals surface area contributed by atoms with Gasteiger partial charge in [-0.05, 0) is 43.2 Å². The summed E-state index contributed by atoms with van der Waals surface area (Å²) in [6.45, 7) is 6.49. The fourth-order valence-electron chi connectivity index (χ4n) is 2.49. The van der Waals surface area contributed by atoms with Crippen LogP contribution in [0.1, 0.15) is 45.1 Å². The van der Waals surface area contributed by atoms with Crippen molar-refractivity contribution in [3.63, 3.8) is 0 Å². The summed E-state index contributed by atoms with van der Waals surface area (Å²) in [6.07, 6.45) is 4.93. The predicted molar refractivity (Wildman–Crippen MR) is 101 cm³/mol. The molecule has 24 heavy (non-hydrogen) atoms. The number of unbranched alkanes of at least 4 members (excludes halogenated alkanes) is 3. The van der Waals surface area contributed by atoms with Crippen LogP contribution < -0.4 is 14.8 Å². The zero-order chi connectivity index (χ0) is 17.0. The Kier molecular flexibility index (Phi) is 8.02. The van der Waals surface area contributed by atoms with E-state index < -0.39 is 0 Å². The molecule has 0 saturated heterocycles. The Labute approximate surface area is 146 Å². The quantitative estimate of drug-likeness (QED) is 0.540. The molecule has 0 spiro atoms. The largest absolute Gasteiger partial charge is 0.494 e. The van der Waals surface area contributed by atoms with Crippen molar-refractivity contribution in [2.75, 3.05) is 18.5 Å². The molecular formula is C21H29NO2. The number of hydrogen-bond donors (Lipinski definition) is 1. The minimum atomic E-state index is 0.684. The molecule has 0 amide bonds. The molecule has 0 heterocycles. The molecule has 2 aromatic carbocycles.